The summed E-state index contributed by atoms with van der Waals surface area (Å²) in [6.45, 7) is 8.32. The molecule has 0 N–H and O–H groups in total. The van der Waals surface area contributed by atoms with Gasteiger partial charge in [0.25, 0.3) is 5.91 Å². The highest BCUT2D eigenvalue weighted by Gasteiger charge is 2.27. The van der Waals surface area contributed by atoms with Gasteiger partial charge in [0.2, 0.25) is 0 Å². The molecule has 1 aliphatic rings. The maximum Gasteiger partial charge on any atom is 0.264 e. The van der Waals surface area contributed by atoms with E-state index >= 15 is 0 Å². The molecule has 1 aromatic rings. The van der Waals surface area contributed by atoms with Gasteiger partial charge in [0.05, 0.1) is 4.88 Å². The van der Waals surface area contributed by atoms with Crippen molar-refractivity contribution in [2.45, 2.75) is 27.2 Å². The monoisotopic (exact) mass is 237 g/mol. The van der Waals surface area contributed by atoms with E-state index in [2.05, 4.69) is 13.8 Å². The van der Waals surface area contributed by atoms with Gasteiger partial charge in [-0.25, -0.2) is 0 Å². The van der Waals surface area contributed by atoms with Crippen LogP contribution in [0.1, 0.15) is 35.5 Å². The minimum atomic E-state index is 0.228. The SMILES string of the molecule is Cc1ccsc1C(=O)N1C[C@H](C)C[C@H](C)C1. The summed E-state index contributed by atoms with van der Waals surface area (Å²) < 4.78 is 0. The van der Waals surface area contributed by atoms with Gasteiger partial charge in [0.15, 0.2) is 0 Å². The number of carbonyl (C=O) groups excluding carboxylic acids is 1. The van der Waals surface area contributed by atoms with Crippen molar-refractivity contribution in [2.24, 2.45) is 11.8 Å². The Balaban J connectivity index is 2.13. The summed E-state index contributed by atoms with van der Waals surface area (Å²) in [5.74, 6) is 1.49. The van der Waals surface area contributed by atoms with Crippen molar-refractivity contribution in [3.63, 3.8) is 0 Å². The molecule has 1 amide bonds. The summed E-state index contributed by atoms with van der Waals surface area (Å²) in [7, 11) is 0. The smallest absolute Gasteiger partial charge is 0.264 e. The first-order chi connectivity index (χ1) is 7.58. The molecule has 0 radical (unpaired) electrons. The molecular formula is C13H19NOS. The largest absolute Gasteiger partial charge is 0.337 e. The number of likely N-dealkylation sites (tertiary alicyclic amines) is 1. The van der Waals surface area contributed by atoms with Crippen molar-refractivity contribution in [3.8, 4) is 0 Å². The summed E-state index contributed by atoms with van der Waals surface area (Å²) in [6, 6.07) is 2.02. The summed E-state index contributed by atoms with van der Waals surface area (Å²) in [4.78, 5) is 15.3. The molecule has 88 valence electrons. The quantitative estimate of drug-likeness (QED) is 0.734. The number of thiophene rings is 1. The highest BCUT2D eigenvalue weighted by Crippen LogP contribution is 2.25. The van der Waals surface area contributed by atoms with Gasteiger partial charge in [0, 0.05) is 13.1 Å². The van der Waals surface area contributed by atoms with E-state index in [-0.39, 0.29) is 5.91 Å². The minimum Gasteiger partial charge on any atom is -0.337 e. The molecule has 0 aliphatic carbocycles. The standard InChI is InChI=1S/C13H19NOS/c1-9-6-10(2)8-14(7-9)13(15)12-11(3)4-5-16-12/h4-5,9-10H,6-8H2,1-3H3/t9-,10+. The molecule has 2 atom stereocenters. The summed E-state index contributed by atoms with van der Waals surface area (Å²) in [6.07, 6.45) is 1.24. The molecule has 0 bridgehead atoms. The number of hydrogen-bond donors (Lipinski definition) is 0. The summed E-state index contributed by atoms with van der Waals surface area (Å²) >= 11 is 1.56. The van der Waals surface area contributed by atoms with Crippen LogP contribution in [0.15, 0.2) is 11.4 Å². The van der Waals surface area contributed by atoms with Crippen LogP contribution in [0.4, 0.5) is 0 Å². The van der Waals surface area contributed by atoms with Crippen LogP contribution in [0.2, 0.25) is 0 Å². The molecule has 2 rings (SSSR count). The van der Waals surface area contributed by atoms with Crippen molar-refractivity contribution in [1.82, 2.24) is 4.90 Å². The third-order valence-electron chi connectivity index (χ3n) is 3.21. The molecule has 1 aliphatic heterocycles. The van der Waals surface area contributed by atoms with Crippen LogP contribution in [-0.4, -0.2) is 23.9 Å². The molecule has 1 aromatic heterocycles. The van der Waals surface area contributed by atoms with Gasteiger partial charge in [-0.05, 0) is 42.2 Å². The Kier molecular flexibility index (Phi) is 3.33. The van der Waals surface area contributed by atoms with Crippen LogP contribution in [0.25, 0.3) is 0 Å². The topological polar surface area (TPSA) is 20.3 Å². The van der Waals surface area contributed by atoms with Crippen molar-refractivity contribution in [1.29, 1.82) is 0 Å². The van der Waals surface area contributed by atoms with E-state index in [1.807, 2.05) is 23.3 Å². The molecule has 3 heteroatoms. The van der Waals surface area contributed by atoms with E-state index in [1.165, 1.54) is 6.42 Å². The van der Waals surface area contributed by atoms with E-state index in [9.17, 15) is 4.79 Å². The highest BCUT2D eigenvalue weighted by atomic mass is 32.1. The predicted molar refractivity (Wildman–Crippen MR) is 67.9 cm³/mol. The molecule has 0 unspecified atom stereocenters. The molecule has 1 saturated heterocycles. The molecule has 1 fully saturated rings. The first-order valence-corrected chi connectivity index (χ1v) is 6.79. The average Bonchev–Trinajstić information content (AvgIpc) is 2.62. The Labute approximate surface area is 101 Å². The van der Waals surface area contributed by atoms with Gasteiger partial charge in [-0.2, -0.15) is 0 Å². The predicted octanol–water partition coefficient (Wildman–Crippen LogP) is 3.17. The van der Waals surface area contributed by atoms with E-state index < -0.39 is 0 Å². The van der Waals surface area contributed by atoms with E-state index in [1.54, 1.807) is 11.3 Å². The number of piperidine rings is 1. The second-order valence-corrected chi connectivity index (χ2v) is 6.01. The number of nitrogens with zero attached hydrogens (tertiary/aromatic N) is 1. The highest BCUT2D eigenvalue weighted by molar-refractivity contribution is 7.12. The number of carbonyl (C=O) groups is 1. The maximum absolute atomic E-state index is 12.3. The normalized spacial score (nSPS) is 25.8. The lowest BCUT2D eigenvalue weighted by Crippen LogP contribution is -2.42. The minimum absolute atomic E-state index is 0.228. The molecule has 16 heavy (non-hydrogen) atoms. The number of amides is 1. The molecule has 0 saturated carbocycles. The second kappa shape index (κ2) is 4.58. The van der Waals surface area contributed by atoms with Gasteiger partial charge < -0.3 is 4.90 Å². The Hall–Kier alpha value is -0.830. The fourth-order valence-electron chi connectivity index (χ4n) is 2.56. The van der Waals surface area contributed by atoms with Crippen LogP contribution in [0.5, 0.6) is 0 Å². The lowest BCUT2D eigenvalue weighted by atomic mass is 9.92. The summed E-state index contributed by atoms with van der Waals surface area (Å²) in [5, 5.41) is 2.00. The zero-order valence-electron chi connectivity index (χ0n) is 10.2. The third-order valence-corrected chi connectivity index (χ3v) is 4.22. The van der Waals surface area contributed by atoms with Crippen molar-refractivity contribution < 1.29 is 4.79 Å². The Bertz CT molecular complexity index is 375. The Morgan fingerprint density at radius 2 is 2.00 bits per heavy atom. The zero-order chi connectivity index (χ0) is 11.7. The molecular weight excluding hydrogens is 218 g/mol. The van der Waals surface area contributed by atoms with E-state index in [0.29, 0.717) is 11.8 Å². The van der Waals surface area contributed by atoms with E-state index in [0.717, 1.165) is 23.5 Å². The van der Waals surface area contributed by atoms with Crippen LogP contribution < -0.4 is 0 Å². The van der Waals surface area contributed by atoms with Crippen molar-refractivity contribution >= 4 is 17.2 Å². The first-order valence-electron chi connectivity index (χ1n) is 5.91. The van der Waals surface area contributed by atoms with Crippen LogP contribution in [0.3, 0.4) is 0 Å². The average molecular weight is 237 g/mol. The van der Waals surface area contributed by atoms with Gasteiger partial charge in [0.1, 0.15) is 0 Å². The summed E-state index contributed by atoms with van der Waals surface area (Å²) in [5.41, 5.74) is 1.11. The van der Waals surface area contributed by atoms with Gasteiger partial charge in [-0.3, -0.25) is 4.79 Å². The van der Waals surface area contributed by atoms with E-state index in [4.69, 9.17) is 0 Å². The van der Waals surface area contributed by atoms with Crippen molar-refractivity contribution in [3.05, 3.63) is 21.9 Å². The third kappa shape index (κ3) is 2.29. The first kappa shape index (κ1) is 11.6. The molecule has 0 aromatic carbocycles. The van der Waals surface area contributed by atoms with Crippen molar-refractivity contribution in [2.75, 3.05) is 13.1 Å². The fourth-order valence-corrected chi connectivity index (χ4v) is 3.46. The number of hydrogen-bond acceptors (Lipinski definition) is 2. The lowest BCUT2D eigenvalue weighted by Gasteiger charge is -2.34. The Morgan fingerprint density at radius 3 is 2.50 bits per heavy atom. The fraction of sp³-hybridized carbons (Fsp3) is 0.615. The molecule has 2 nitrogen and oxygen atoms in total. The lowest BCUT2D eigenvalue weighted by molar-refractivity contribution is 0.0627. The zero-order valence-corrected chi connectivity index (χ0v) is 11.0. The maximum atomic E-state index is 12.3. The van der Waals surface area contributed by atoms with Crippen LogP contribution in [-0.2, 0) is 0 Å². The number of rotatable bonds is 1. The second-order valence-electron chi connectivity index (χ2n) is 5.09. The Morgan fingerprint density at radius 1 is 1.38 bits per heavy atom. The molecule has 2 heterocycles. The van der Waals surface area contributed by atoms with Crippen LogP contribution >= 0.6 is 11.3 Å². The van der Waals surface area contributed by atoms with Crippen LogP contribution in [0, 0.1) is 18.8 Å². The van der Waals surface area contributed by atoms with Gasteiger partial charge >= 0.3 is 0 Å². The number of aryl methyl sites for hydroxylation is 1. The van der Waals surface area contributed by atoms with Gasteiger partial charge in [-0.1, -0.05) is 13.8 Å². The molecule has 0 spiro atoms. The van der Waals surface area contributed by atoms with Gasteiger partial charge in [-0.15, -0.1) is 11.3 Å².